The molecule has 19 heavy (non-hydrogen) atoms. The van der Waals surface area contributed by atoms with Crippen molar-refractivity contribution in [2.75, 3.05) is 5.32 Å². The van der Waals surface area contributed by atoms with Gasteiger partial charge in [0.25, 0.3) is 0 Å². The van der Waals surface area contributed by atoms with Gasteiger partial charge in [0.15, 0.2) is 0 Å². The zero-order chi connectivity index (χ0) is 13.2. The minimum Gasteiger partial charge on any atom is -0.375 e. The van der Waals surface area contributed by atoms with Crippen LogP contribution < -0.4 is 5.32 Å². The van der Waals surface area contributed by atoms with Gasteiger partial charge in [-0.05, 0) is 52.4 Å². The SMILES string of the molecule is N#CC1Sc2ccccc2NC1c1ccc(I)cc1. The van der Waals surface area contributed by atoms with Crippen molar-refractivity contribution in [2.45, 2.75) is 16.2 Å². The molecule has 0 aromatic heterocycles. The zero-order valence-electron chi connectivity index (χ0n) is 10.0. The number of nitrogens with one attached hydrogen (secondary N) is 1. The second-order valence-electron chi connectivity index (χ2n) is 4.34. The van der Waals surface area contributed by atoms with Crippen molar-refractivity contribution in [3.63, 3.8) is 0 Å². The first-order valence-corrected chi connectivity index (χ1v) is 7.91. The molecule has 2 unspecified atom stereocenters. The maximum absolute atomic E-state index is 9.39. The van der Waals surface area contributed by atoms with E-state index in [4.69, 9.17) is 0 Å². The molecule has 1 heterocycles. The highest BCUT2D eigenvalue weighted by Crippen LogP contribution is 2.43. The van der Waals surface area contributed by atoms with Crippen LogP contribution in [0.15, 0.2) is 53.4 Å². The number of fused-ring (bicyclic) bond motifs is 1. The van der Waals surface area contributed by atoms with E-state index in [0.29, 0.717) is 0 Å². The van der Waals surface area contributed by atoms with Crippen molar-refractivity contribution in [3.05, 3.63) is 57.7 Å². The van der Waals surface area contributed by atoms with Crippen molar-refractivity contribution >= 4 is 40.0 Å². The minimum absolute atomic E-state index is 0.0434. The second-order valence-corrected chi connectivity index (χ2v) is 6.77. The van der Waals surface area contributed by atoms with Gasteiger partial charge in [-0.25, -0.2) is 0 Å². The minimum atomic E-state index is -0.102. The first-order chi connectivity index (χ1) is 9.28. The van der Waals surface area contributed by atoms with Gasteiger partial charge in [0, 0.05) is 14.2 Å². The number of hydrogen-bond acceptors (Lipinski definition) is 3. The molecular formula is C15H11IN2S. The summed E-state index contributed by atoms with van der Waals surface area (Å²) in [4.78, 5) is 1.15. The lowest BCUT2D eigenvalue weighted by atomic mass is 10.0. The monoisotopic (exact) mass is 378 g/mol. The number of thioether (sulfide) groups is 1. The quantitative estimate of drug-likeness (QED) is 0.746. The van der Waals surface area contributed by atoms with Gasteiger partial charge in [-0.1, -0.05) is 24.3 Å². The van der Waals surface area contributed by atoms with Crippen LogP contribution >= 0.6 is 34.4 Å². The van der Waals surface area contributed by atoms with Crippen molar-refractivity contribution in [1.29, 1.82) is 5.26 Å². The van der Waals surface area contributed by atoms with Crippen LogP contribution in [0.5, 0.6) is 0 Å². The Bertz CT molecular complexity index is 633. The Kier molecular flexibility index (Phi) is 3.67. The number of anilines is 1. The molecule has 0 fully saturated rings. The Morgan fingerprint density at radius 1 is 1.11 bits per heavy atom. The summed E-state index contributed by atoms with van der Waals surface area (Å²) < 4.78 is 1.21. The Hall–Kier alpha value is -1.19. The summed E-state index contributed by atoms with van der Waals surface area (Å²) in [5, 5.41) is 12.8. The van der Waals surface area contributed by atoms with E-state index in [1.807, 2.05) is 12.1 Å². The smallest absolute Gasteiger partial charge is 0.121 e. The van der Waals surface area contributed by atoms with E-state index in [1.165, 1.54) is 3.57 Å². The third-order valence-corrected chi connectivity index (χ3v) is 5.07. The Morgan fingerprint density at radius 2 is 1.84 bits per heavy atom. The molecule has 0 saturated carbocycles. The van der Waals surface area contributed by atoms with E-state index in [2.05, 4.69) is 70.4 Å². The second kappa shape index (κ2) is 5.43. The molecule has 1 aliphatic rings. The van der Waals surface area contributed by atoms with E-state index < -0.39 is 0 Å². The highest BCUT2D eigenvalue weighted by molar-refractivity contribution is 14.1. The van der Waals surface area contributed by atoms with Crippen LogP contribution in [0.2, 0.25) is 0 Å². The maximum Gasteiger partial charge on any atom is 0.121 e. The zero-order valence-corrected chi connectivity index (χ0v) is 13.0. The number of nitrogens with zero attached hydrogens (tertiary/aromatic N) is 1. The molecule has 3 rings (SSSR count). The number of halogens is 1. The van der Waals surface area contributed by atoms with Crippen LogP contribution in [0.1, 0.15) is 11.6 Å². The molecule has 0 saturated heterocycles. The van der Waals surface area contributed by atoms with Crippen LogP contribution in [0, 0.1) is 14.9 Å². The number of para-hydroxylation sites is 1. The van der Waals surface area contributed by atoms with Crippen molar-refractivity contribution in [1.82, 2.24) is 0 Å². The molecule has 0 spiro atoms. The number of rotatable bonds is 1. The normalized spacial score (nSPS) is 21.1. The molecule has 2 nitrogen and oxygen atoms in total. The van der Waals surface area contributed by atoms with Crippen LogP contribution in [-0.4, -0.2) is 5.25 Å². The van der Waals surface area contributed by atoms with E-state index in [9.17, 15) is 5.26 Å². The topological polar surface area (TPSA) is 35.8 Å². The third-order valence-electron chi connectivity index (χ3n) is 3.11. The molecule has 4 heteroatoms. The van der Waals surface area contributed by atoms with E-state index in [-0.39, 0.29) is 11.3 Å². The standard InChI is InChI=1S/C15H11IN2S/c16-11-7-5-10(6-8-11)15-14(9-17)19-13-4-2-1-3-12(13)18-15/h1-8,14-15,18H. The fourth-order valence-corrected chi connectivity index (χ4v) is 3.62. The Morgan fingerprint density at radius 3 is 2.58 bits per heavy atom. The average molecular weight is 378 g/mol. The van der Waals surface area contributed by atoms with Gasteiger partial charge in [0.1, 0.15) is 5.25 Å². The summed E-state index contributed by atoms with van der Waals surface area (Å²) in [6, 6.07) is 18.9. The highest BCUT2D eigenvalue weighted by Gasteiger charge is 2.29. The largest absolute Gasteiger partial charge is 0.375 e. The van der Waals surface area contributed by atoms with Gasteiger partial charge < -0.3 is 5.32 Å². The summed E-state index contributed by atoms with van der Waals surface area (Å²) in [5.74, 6) is 0. The van der Waals surface area contributed by atoms with Gasteiger partial charge in [0.2, 0.25) is 0 Å². The van der Waals surface area contributed by atoms with Gasteiger partial charge in [-0.15, -0.1) is 11.8 Å². The van der Waals surface area contributed by atoms with E-state index in [0.717, 1.165) is 16.1 Å². The van der Waals surface area contributed by atoms with Crippen molar-refractivity contribution in [3.8, 4) is 6.07 Å². The average Bonchev–Trinajstić information content (AvgIpc) is 2.46. The van der Waals surface area contributed by atoms with Gasteiger partial charge in [0.05, 0.1) is 12.1 Å². The van der Waals surface area contributed by atoms with E-state index >= 15 is 0 Å². The van der Waals surface area contributed by atoms with Gasteiger partial charge >= 0.3 is 0 Å². The van der Waals surface area contributed by atoms with Gasteiger partial charge in [-0.2, -0.15) is 5.26 Å². The summed E-state index contributed by atoms with van der Waals surface area (Å²) >= 11 is 3.93. The fraction of sp³-hybridized carbons (Fsp3) is 0.133. The summed E-state index contributed by atoms with van der Waals surface area (Å²) in [6.07, 6.45) is 0. The number of benzene rings is 2. The molecule has 0 aliphatic carbocycles. The third kappa shape index (κ3) is 2.58. The van der Waals surface area contributed by atoms with Crippen molar-refractivity contribution in [2.24, 2.45) is 0 Å². The van der Waals surface area contributed by atoms with Crippen molar-refractivity contribution < 1.29 is 0 Å². The van der Waals surface area contributed by atoms with Crippen LogP contribution in [0.25, 0.3) is 0 Å². The predicted octanol–water partition coefficient (Wildman–Crippen LogP) is 4.44. The summed E-state index contributed by atoms with van der Waals surface area (Å²) in [7, 11) is 0. The van der Waals surface area contributed by atoms with Crippen LogP contribution in [-0.2, 0) is 0 Å². The lowest BCUT2D eigenvalue weighted by Gasteiger charge is -2.30. The number of hydrogen-bond donors (Lipinski definition) is 1. The molecule has 94 valence electrons. The lowest BCUT2D eigenvalue weighted by Crippen LogP contribution is -2.25. The molecule has 1 N–H and O–H groups in total. The highest BCUT2D eigenvalue weighted by atomic mass is 127. The fourth-order valence-electron chi connectivity index (χ4n) is 2.17. The molecule has 1 aliphatic heterocycles. The summed E-state index contributed by atoms with van der Waals surface area (Å²) in [6.45, 7) is 0. The predicted molar refractivity (Wildman–Crippen MR) is 87.2 cm³/mol. The molecule has 0 amide bonds. The lowest BCUT2D eigenvalue weighted by molar-refractivity contribution is 0.805. The molecule has 2 aromatic carbocycles. The first-order valence-electron chi connectivity index (χ1n) is 5.95. The molecule has 0 radical (unpaired) electrons. The summed E-state index contributed by atoms with van der Waals surface area (Å²) in [5.41, 5.74) is 2.27. The molecule has 2 aromatic rings. The first kappa shape index (κ1) is 12.8. The molecule has 0 bridgehead atoms. The van der Waals surface area contributed by atoms with Gasteiger partial charge in [-0.3, -0.25) is 0 Å². The van der Waals surface area contributed by atoms with E-state index in [1.54, 1.807) is 11.8 Å². The Balaban J connectivity index is 1.98. The molecular weight excluding hydrogens is 367 g/mol. The van der Waals surface area contributed by atoms with Crippen LogP contribution in [0.4, 0.5) is 5.69 Å². The number of nitriles is 1. The maximum atomic E-state index is 9.39. The molecule has 2 atom stereocenters. The van der Waals surface area contributed by atoms with Crippen LogP contribution in [0.3, 0.4) is 0 Å². The Labute approximate surface area is 130 Å².